The average molecular weight is 225 g/mol. The molecule has 0 saturated heterocycles. The highest BCUT2D eigenvalue weighted by atomic mass is 16.5. The lowest BCUT2D eigenvalue weighted by molar-refractivity contribution is -0.143. The van der Waals surface area contributed by atoms with Crippen LogP contribution in [0.3, 0.4) is 0 Å². The molecular formula is C10H11NO5. The monoisotopic (exact) mass is 225 g/mol. The van der Waals surface area contributed by atoms with Crippen LogP contribution in [0, 0.1) is 0 Å². The van der Waals surface area contributed by atoms with Crippen LogP contribution >= 0.6 is 0 Å². The number of pyridine rings is 1. The third-order valence-corrected chi connectivity index (χ3v) is 1.86. The van der Waals surface area contributed by atoms with E-state index in [4.69, 9.17) is 5.11 Å². The molecule has 0 saturated carbocycles. The first-order valence-corrected chi connectivity index (χ1v) is 4.64. The van der Waals surface area contributed by atoms with Gasteiger partial charge in [-0.25, -0.2) is 4.79 Å². The van der Waals surface area contributed by atoms with Crippen molar-refractivity contribution < 1.29 is 19.4 Å². The third kappa shape index (κ3) is 2.69. The molecule has 1 aromatic rings. The highest BCUT2D eigenvalue weighted by Crippen LogP contribution is 1.93. The van der Waals surface area contributed by atoms with Crippen LogP contribution < -0.4 is 5.56 Å². The summed E-state index contributed by atoms with van der Waals surface area (Å²) < 4.78 is 5.66. The lowest BCUT2D eigenvalue weighted by Crippen LogP contribution is -2.29. The number of esters is 1. The number of nitrogens with zero attached hydrogens (tertiary/aromatic N) is 1. The molecule has 86 valence electrons. The Balaban J connectivity index is 2.98. The molecule has 1 heterocycles. The molecule has 0 aliphatic carbocycles. The van der Waals surface area contributed by atoms with Crippen molar-refractivity contribution >= 4 is 11.9 Å². The van der Waals surface area contributed by atoms with Crippen molar-refractivity contribution in [3.05, 3.63) is 34.2 Å². The third-order valence-electron chi connectivity index (χ3n) is 1.86. The molecular weight excluding hydrogens is 214 g/mol. The Labute approximate surface area is 91.1 Å². The standard InChI is InChI=1S/C10H11NO5/c1-2-16-8(12)6-11-5-3-4-7(9(11)13)10(14)15/h3-5H,2,6H2,1H3,(H,14,15). The molecule has 6 nitrogen and oxygen atoms in total. The number of aromatic nitrogens is 1. The Morgan fingerprint density at radius 2 is 2.19 bits per heavy atom. The Morgan fingerprint density at radius 1 is 1.50 bits per heavy atom. The molecule has 0 spiro atoms. The van der Waals surface area contributed by atoms with Crippen LogP contribution in [-0.4, -0.2) is 28.2 Å². The molecule has 1 rings (SSSR count). The van der Waals surface area contributed by atoms with Gasteiger partial charge in [0.25, 0.3) is 5.56 Å². The zero-order valence-electron chi connectivity index (χ0n) is 8.67. The number of carboxylic acids is 1. The van der Waals surface area contributed by atoms with Crippen LogP contribution in [0.2, 0.25) is 0 Å². The number of carbonyl (C=O) groups excluding carboxylic acids is 1. The van der Waals surface area contributed by atoms with E-state index in [1.165, 1.54) is 18.3 Å². The maximum absolute atomic E-state index is 11.5. The summed E-state index contributed by atoms with van der Waals surface area (Å²) in [5.41, 5.74) is -1.09. The molecule has 16 heavy (non-hydrogen) atoms. The predicted octanol–water partition coefficient (Wildman–Crippen LogP) is 0.110. The van der Waals surface area contributed by atoms with Gasteiger partial charge in [-0.1, -0.05) is 0 Å². The maximum atomic E-state index is 11.5. The van der Waals surface area contributed by atoms with E-state index in [2.05, 4.69) is 4.74 Å². The van der Waals surface area contributed by atoms with E-state index in [9.17, 15) is 14.4 Å². The van der Waals surface area contributed by atoms with E-state index in [0.29, 0.717) is 0 Å². The molecule has 1 N–H and O–H groups in total. The molecule has 0 atom stereocenters. The van der Waals surface area contributed by atoms with Gasteiger partial charge in [-0.3, -0.25) is 9.59 Å². The van der Waals surface area contributed by atoms with Crippen molar-refractivity contribution in [1.82, 2.24) is 4.57 Å². The topological polar surface area (TPSA) is 85.6 Å². The highest BCUT2D eigenvalue weighted by molar-refractivity contribution is 5.87. The molecule has 0 bridgehead atoms. The van der Waals surface area contributed by atoms with E-state index in [0.717, 1.165) is 4.57 Å². The fourth-order valence-corrected chi connectivity index (χ4v) is 1.17. The Hall–Kier alpha value is -2.11. The minimum Gasteiger partial charge on any atom is -0.477 e. The van der Waals surface area contributed by atoms with Gasteiger partial charge in [0.2, 0.25) is 0 Å². The smallest absolute Gasteiger partial charge is 0.341 e. The summed E-state index contributed by atoms with van der Waals surface area (Å²) in [5, 5.41) is 8.70. The number of carbonyl (C=O) groups is 2. The second kappa shape index (κ2) is 5.11. The van der Waals surface area contributed by atoms with E-state index < -0.39 is 17.5 Å². The largest absolute Gasteiger partial charge is 0.477 e. The maximum Gasteiger partial charge on any atom is 0.341 e. The first kappa shape index (κ1) is 12.0. The summed E-state index contributed by atoms with van der Waals surface area (Å²) in [6, 6.07) is 2.58. The van der Waals surface area contributed by atoms with Gasteiger partial charge in [-0.15, -0.1) is 0 Å². The van der Waals surface area contributed by atoms with Crippen LogP contribution in [-0.2, 0) is 16.1 Å². The molecule has 0 fully saturated rings. The molecule has 0 amide bonds. The van der Waals surface area contributed by atoms with Gasteiger partial charge in [0, 0.05) is 6.20 Å². The van der Waals surface area contributed by atoms with Gasteiger partial charge in [0.15, 0.2) is 0 Å². The summed E-state index contributed by atoms with van der Waals surface area (Å²) >= 11 is 0. The van der Waals surface area contributed by atoms with Gasteiger partial charge in [0.05, 0.1) is 6.61 Å². The molecule has 1 aromatic heterocycles. The second-order valence-corrected chi connectivity index (χ2v) is 2.97. The number of rotatable bonds is 4. The van der Waals surface area contributed by atoms with Crippen molar-refractivity contribution in [2.24, 2.45) is 0 Å². The number of ether oxygens (including phenoxy) is 1. The van der Waals surface area contributed by atoms with Gasteiger partial charge >= 0.3 is 11.9 Å². The number of carboxylic acid groups (broad SMARTS) is 1. The van der Waals surface area contributed by atoms with Crippen LogP contribution in [0.15, 0.2) is 23.1 Å². The molecule has 0 aliphatic rings. The Bertz CT molecular complexity index is 463. The minimum absolute atomic E-state index is 0.214. The average Bonchev–Trinajstić information content (AvgIpc) is 2.21. The fourth-order valence-electron chi connectivity index (χ4n) is 1.17. The Kier molecular flexibility index (Phi) is 3.82. The normalized spacial score (nSPS) is 9.81. The number of hydrogen-bond donors (Lipinski definition) is 1. The highest BCUT2D eigenvalue weighted by Gasteiger charge is 2.12. The van der Waals surface area contributed by atoms with Crippen LogP contribution in [0.5, 0.6) is 0 Å². The number of hydrogen-bond acceptors (Lipinski definition) is 4. The SMILES string of the molecule is CCOC(=O)Cn1cccc(C(=O)O)c1=O. The first-order valence-electron chi connectivity index (χ1n) is 4.64. The van der Waals surface area contributed by atoms with Crippen LogP contribution in [0.25, 0.3) is 0 Å². The van der Waals surface area contributed by atoms with Crippen molar-refractivity contribution in [2.45, 2.75) is 13.5 Å². The lowest BCUT2D eigenvalue weighted by atomic mass is 10.3. The van der Waals surface area contributed by atoms with Gasteiger partial charge in [-0.05, 0) is 19.1 Å². The quantitative estimate of drug-likeness (QED) is 0.735. The van der Waals surface area contributed by atoms with E-state index >= 15 is 0 Å². The molecule has 0 radical (unpaired) electrons. The fraction of sp³-hybridized carbons (Fsp3) is 0.300. The lowest BCUT2D eigenvalue weighted by Gasteiger charge is -2.05. The number of aromatic carboxylic acids is 1. The zero-order valence-corrected chi connectivity index (χ0v) is 8.67. The second-order valence-electron chi connectivity index (χ2n) is 2.97. The summed E-state index contributed by atoms with van der Waals surface area (Å²) in [6.45, 7) is 1.58. The summed E-state index contributed by atoms with van der Waals surface area (Å²) in [7, 11) is 0. The zero-order chi connectivity index (χ0) is 12.1. The van der Waals surface area contributed by atoms with Gasteiger partial charge in [0.1, 0.15) is 12.1 Å². The van der Waals surface area contributed by atoms with E-state index in [1.54, 1.807) is 6.92 Å². The molecule has 0 aliphatic heterocycles. The predicted molar refractivity (Wildman–Crippen MR) is 54.3 cm³/mol. The molecule has 0 aromatic carbocycles. The van der Waals surface area contributed by atoms with Gasteiger partial charge < -0.3 is 14.4 Å². The summed E-state index contributed by atoms with van der Waals surface area (Å²) in [6.07, 6.45) is 1.34. The first-order chi connectivity index (χ1) is 7.56. The van der Waals surface area contributed by atoms with E-state index in [-0.39, 0.29) is 18.7 Å². The van der Waals surface area contributed by atoms with E-state index in [1.807, 2.05) is 0 Å². The molecule has 0 unspecified atom stereocenters. The van der Waals surface area contributed by atoms with Crippen molar-refractivity contribution in [1.29, 1.82) is 0 Å². The summed E-state index contributed by atoms with van der Waals surface area (Å²) in [4.78, 5) is 33.3. The van der Waals surface area contributed by atoms with Crippen LogP contribution in [0.4, 0.5) is 0 Å². The van der Waals surface area contributed by atoms with Crippen molar-refractivity contribution in [3.8, 4) is 0 Å². The van der Waals surface area contributed by atoms with Gasteiger partial charge in [-0.2, -0.15) is 0 Å². The Morgan fingerprint density at radius 3 is 2.75 bits per heavy atom. The molecule has 6 heteroatoms. The summed E-state index contributed by atoms with van der Waals surface area (Å²) in [5.74, 6) is -1.89. The van der Waals surface area contributed by atoms with Crippen molar-refractivity contribution in [3.63, 3.8) is 0 Å². The minimum atomic E-state index is -1.32. The van der Waals surface area contributed by atoms with Crippen LogP contribution in [0.1, 0.15) is 17.3 Å². The van der Waals surface area contributed by atoms with Crippen molar-refractivity contribution in [2.75, 3.05) is 6.61 Å².